The van der Waals surface area contributed by atoms with E-state index < -0.39 is 4.92 Å². The molecule has 0 radical (unpaired) electrons. The summed E-state index contributed by atoms with van der Waals surface area (Å²) in [5.41, 5.74) is 3.34. The second kappa shape index (κ2) is 9.71. The van der Waals surface area contributed by atoms with Crippen LogP contribution in [0, 0.1) is 28.4 Å². The van der Waals surface area contributed by atoms with Crippen LogP contribution >= 0.6 is 0 Å². The largest absolute Gasteiger partial charge is 0.468 e. The Morgan fingerprint density at radius 1 is 1.03 bits per heavy atom. The fourth-order valence-corrected chi connectivity index (χ4v) is 4.13. The summed E-state index contributed by atoms with van der Waals surface area (Å²) in [4.78, 5) is 28.1. The van der Waals surface area contributed by atoms with Gasteiger partial charge in [-0.05, 0) is 36.8 Å². The Balaban J connectivity index is 1.71. The van der Waals surface area contributed by atoms with Gasteiger partial charge in [0.15, 0.2) is 18.0 Å². The molecule has 0 N–H and O–H groups in total. The summed E-state index contributed by atoms with van der Waals surface area (Å²) in [6, 6.07) is 26.1. The van der Waals surface area contributed by atoms with Crippen LogP contribution < -0.4 is 4.74 Å². The lowest BCUT2D eigenvalue weighted by molar-refractivity contribution is -0.384. The predicted octanol–water partition coefficient (Wildman–Crippen LogP) is 5.44. The van der Waals surface area contributed by atoms with E-state index in [0.717, 1.165) is 5.69 Å². The quantitative estimate of drug-likeness (QED) is 0.169. The number of nitriles is 1. The van der Waals surface area contributed by atoms with E-state index >= 15 is 0 Å². The van der Waals surface area contributed by atoms with Crippen molar-refractivity contribution in [2.24, 2.45) is 0 Å². The van der Waals surface area contributed by atoms with Gasteiger partial charge >= 0.3 is 0 Å². The number of hydrogen-bond donors (Lipinski definition) is 0. The third kappa shape index (κ3) is 4.39. The molecule has 0 amide bonds. The number of nitro benzene ring substituents is 1. The Kier molecular flexibility index (Phi) is 6.14. The molecule has 0 bridgehead atoms. The van der Waals surface area contributed by atoms with E-state index in [2.05, 4.69) is 16.2 Å². The van der Waals surface area contributed by atoms with Crippen molar-refractivity contribution in [3.05, 3.63) is 112 Å². The molecule has 2 heterocycles. The number of ketones is 1. The van der Waals surface area contributed by atoms with Crippen LogP contribution in [0.25, 0.3) is 27.8 Å². The van der Waals surface area contributed by atoms with Gasteiger partial charge in [-0.1, -0.05) is 48.5 Å². The minimum atomic E-state index is -0.487. The molecule has 180 valence electrons. The number of nitro groups is 1. The minimum absolute atomic E-state index is 0.0234. The molecule has 0 fully saturated rings. The number of carbonyl (C=O) groups excluding carboxylic acids is 1. The molecule has 0 unspecified atom stereocenters. The molecule has 0 atom stereocenters. The van der Waals surface area contributed by atoms with Crippen LogP contribution in [0.3, 0.4) is 0 Å². The molecule has 5 rings (SSSR count). The Hall–Kier alpha value is -5.36. The van der Waals surface area contributed by atoms with E-state index in [1.165, 1.54) is 12.1 Å². The maximum absolute atomic E-state index is 12.7. The van der Waals surface area contributed by atoms with Gasteiger partial charge in [-0.25, -0.2) is 4.68 Å². The van der Waals surface area contributed by atoms with Gasteiger partial charge in [-0.2, -0.15) is 15.3 Å². The lowest BCUT2D eigenvalue weighted by Gasteiger charge is -2.13. The monoisotopic (exact) mass is 489 g/mol. The molecule has 0 aliphatic carbocycles. The number of aryl methyl sites for hydroxylation is 1. The van der Waals surface area contributed by atoms with E-state index in [0.29, 0.717) is 33.4 Å². The van der Waals surface area contributed by atoms with Crippen molar-refractivity contribution in [1.29, 1.82) is 5.26 Å². The second-order valence-electron chi connectivity index (χ2n) is 8.19. The lowest BCUT2D eigenvalue weighted by Crippen LogP contribution is -2.13. The summed E-state index contributed by atoms with van der Waals surface area (Å²) in [5, 5.41) is 26.6. The number of pyridine rings is 1. The van der Waals surface area contributed by atoms with Crippen LogP contribution in [0.4, 0.5) is 5.69 Å². The first-order chi connectivity index (χ1) is 18.0. The fourth-order valence-electron chi connectivity index (χ4n) is 4.13. The summed E-state index contributed by atoms with van der Waals surface area (Å²) in [7, 11) is 0. The SMILES string of the molecule is Cc1nn(-c2ccccc2)c2nc(OCC(=O)c3ccccc3)c(C#N)c(-c3ccc([N+](=O)[O-])cc3)c12. The normalized spacial score (nSPS) is 10.7. The molecule has 2 aromatic heterocycles. The van der Waals surface area contributed by atoms with Gasteiger partial charge in [0.25, 0.3) is 5.69 Å². The van der Waals surface area contributed by atoms with E-state index in [4.69, 9.17) is 4.74 Å². The number of non-ortho nitro benzene ring substituents is 1. The number of ether oxygens (including phenoxy) is 1. The Labute approximate surface area is 211 Å². The maximum Gasteiger partial charge on any atom is 0.269 e. The van der Waals surface area contributed by atoms with Crippen molar-refractivity contribution >= 4 is 22.5 Å². The number of benzene rings is 3. The molecule has 37 heavy (non-hydrogen) atoms. The van der Waals surface area contributed by atoms with Crippen molar-refractivity contribution in [3.63, 3.8) is 0 Å². The zero-order chi connectivity index (χ0) is 25.9. The first kappa shape index (κ1) is 23.4. The highest BCUT2D eigenvalue weighted by Gasteiger charge is 2.24. The van der Waals surface area contributed by atoms with Gasteiger partial charge in [0.05, 0.1) is 21.7 Å². The molecule has 5 aromatic rings. The number of hydrogen-bond acceptors (Lipinski definition) is 7. The summed E-state index contributed by atoms with van der Waals surface area (Å²) < 4.78 is 7.49. The first-order valence-corrected chi connectivity index (χ1v) is 11.3. The number of Topliss-reactive ketones (excluding diaryl/α,β-unsaturated/α-hetero) is 1. The van der Waals surface area contributed by atoms with E-state index in [1.807, 2.05) is 36.4 Å². The van der Waals surface area contributed by atoms with Crippen molar-refractivity contribution in [3.8, 4) is 28.8 Å². The molecule has 0 saturated heterocycles. The zero-order valence-corrected chi connectivity index (χ0v) is 19.7. The average Bonchev–Trinajstić information content (AvgIpc) is 3.27. The number of aromatic nitrogens is 3. The van der Waals surface area contributed by atoms with Crippen molar-refractivity contribution < 1.29 is 14.5 Å². The smallest absolute Gasteiger partial charge is 0.269 e. The fraction of sp³-hybridized carbons (Fsp3) is 0.0714. The van der Waals surface area contributed by atoms with E-state index in [-0.39, 0.29) is 29.5 Å². The molecule has 9 heteroatoms. The molecule has 0 aliphatic heterocycles. The molecule has 0 spiro atoms. The van der Waals surface area contributed by atoms with Gasteiger partial charge in [-0.15, -0.1) is 0 Å². The molecule has 3 aromatic carbocycles. The Bertz CT molecular complexity index is 1670. The van der Waals surface area contributed by atoms with Crippen LogP contribution in [0.15, 0.2) is 84.9 Å². The summed E-state index contributed by atoms with van der Waals surface area (Å²) >= 11 is 0. The minimum Gasteiger partial charge on any atom is -0.468 e. The first-order valence-electron chi connectivity index (χ1n) is 11.3. The summed E-state index contributed by atoms with van der Waals surface area (Å²) in [5.74, 6) is -0.291. The van der Waals surface area contributed by atoms with Crippen LogP contribution in [0.5, 0.6) is 5.88 Å². The Morgan fingerprint density at radius 3 is 2.30 bits per heavy atom. The molecule has 0 aliphatic rings. The topological polar surface area (TPSA) is 124 Å². The predicted molar refractivity (Wildman–Crippen MR) is 137 cm³/mol. The highest BCUT2D eigenvalue weighted by atomic mass is 16.6. The van der Waals surface area contributed by atoms with Gasteiger partial charge in [0, 0.05) is 23.3 Å². The number of nitrogens with zero attached hydrogens (tertiary/aromatic N) is 5. The summed E-state index contributed by atoms with van der Waals surface area (Å²) in [6.45, 7) is 1.48. The second-order valence-corrected chi connectivity index (χ2v) is 8.19. The number of fused-ring (bicyclic) bond motifs is 1. The highest BCUT2D eigenvalue weighted by Crippen LogP contribution is 2.38. The molecular weight excluding hydrogens is 470 g/mol. The van der Waals surface area contributed by atoms with Crippen LogP contribution in [-0.4, -0.2) is 32.1 Å². The molecule has 9 nitrogen and oxygen atoms in total. The third-order valence-electron chi connectivity index (χ3n) is 5.87. The number of rotatable bonds is 7. The standard InChI is InChI=1S/C28H19N5O4/c1-18-25-26(20-12-14-22(15-13-20)33(35)36)23(16-29)28(37-17-24(34)19-8-4-2-5-9-19)30-27(25)32(31-18)21-10-6-3-7-11-21/h2-15H,17H2,1H3. The van der Waals surface area contributed by atoms with Crippen LogP contribution in [0.1, 0.15) is 21.6 Å². The van der Waals surface area contributed by atoms with Gasteiger partial charge in [0.1, 0.15) is 11.6 Å². The summed E-state index contributed by atoms with van der Waals surface area (Å²) in [6.07, 6.45) is 0. The number of para-hydroxylation sites is 1. The van der Waals surface area contributed by atoms with Crippen LogP contribution in [0.2, 0.25) is 0 Å². The van der Waals surface area contributed by atoms with Gasteiger partial charge in [-0.3, -0.25) is 14.9 Å². The van der Waals surface area contributed by atoms with E-state index in [1.54, 1.807) is 48.0 Å². The molecular formula is C28H19N5O4. The number of carbonyl (C=O) groups is 1. The maximum atomic E-state index is 12.7. The van der Waals surface area contributed by atoms with Gasteiger partial charge in [0.2, 0.25) is 5.88 Å². The third-order valence-corrected chi connectivity index (χ3v) is 5.87. The highest BCUT2D eigenvalue weighted by molar-refractivity contribution is 6.00. The van der Waals surface area contributed by atoms with Crippen LogP contribution in [-0.2, 0) is 0 Å². The Morgan fingerprint density at radius 2 is 1.68 bits per heavy atom. The van der Waals surface area contributed by atoms with Gasteiger partial charge < -0.3 is 4.74 Å². The average molecular weight is 489 g/mol. The van der Waals surface area contributed by atoms with E-state index in [9.17, 15) is 20.2 Å². The lowest BCUT2D eigenvalue weighted by atomic mass is 9.97. The van der Waals surface area contributed by atoms with Crippen molar-refractivity contribution in [2.75, 3.05) is 6.61 Å². The van der Waals surface area contributed by atoms with Crippen molar-refractivity contribution in [1.82, 2.24) is 14.8 Å². The van der Waals surface area contributed by atoms with Crippen molar-refractivity contribution in [2.45, 2.75) is 6.92 Å². The zero-order valence-electron chi connectivity index (χ0n) is 19.7. The molecule has 0 saturated carbocycles.